The Labute approximate surface area is 211 Å². The van der Waals surface area contributed by atoms with Crippen LogP contribution in [-0.4, -0.2) is 49.4 Å². The lowest BCUT2D eigenvalue weighted by molar-refractivity contribution is 0.0205. The van der Waals surface area contributed by atoms with Crippen molar-refractivity contribution in [2.75, 3.05) is 13.1 Å². The summed E-state index contributed by atoms with van der Waals surface area (Å²) in [6.07, 6.45) is 12.8. The standard InChI is InChI=1S/C28H32N6O2/c1-28(2,3)36-27(35)33-12-9-20(10-13-33)23-7-4-8-24-26(23)30-17-25(32-24)21-16-31-34(18-21)22-14-19(15-22)6-5-11-29/h4-8,16-20,22H,9-10,12-15H2,1-3H3/b6-5+. The molecule has 1 aliphatic heterocycles. The van der Waals surface area contributed by atoms with E-state index >= 15 is 0 Å². The average Bonchev–Trinajstić information content (AvgIpc) is 3.31. The van der Waals surface area contributed by atoms with Gasteiger partial charge >= 0.3 is 6.09 Å². The fourth-order valence-corrected chi connectivity index (χ4v) is 5.08. The number of piperidine rings is 1. The lowest BCUT2D eigenvalue weighted by Gasteiger charge is -2.33. The number of nitriles is 1. The number of aromatic nitrogens is 4. The Morgan fingerprint density at radius 3 is 2.69 bits per heavy atom. The minimum absolute atomic E-state index is 0.236. The minimum Gasteiger partial charge on any atom is -0.444 e. The topological polar surface area (TPSA) is 96.9 Å². The molecule has 3 heterocycles. The summed E-state index contributed by atoms with van der Waals surface area (Å²) in [5.74, 6) is 0.786. The molecule has 1 aliphatic carbocycles. The van der Waals surface area contributed by atoms with Gasteiger partial charge in [-0.1, -0.05) is 18.2 Å². The highest BCUT2D eigenvalue weighted by molar-refractivity contribution is 5.80. The summed E-state index contributed by atoms with van der Waals surface area (Å²) in [5, 5.41) is 13.3. The number of carbonyl (C=O) groups is 1. The minimum atomic E-state index is -0.483. The number of para-hydroxylation sites is 1. The van der Waals surface area contributed by atoms with E-state index in [0.717, 1.165) is 48.0 Å². The summed E-state index contributed by atoms with van der Waals surface area (Å²) in [5.41, 5.74) is 4.27. The van der Waals surface area contributed by atoms with Crippen LogP contribution in [0.3, 0.4) is 0 Å². The molecule has 1 saturated heterocycles. The van der Waals surface area contributed by atoms with Gasteiger partial charge in [-0.2, -0.15) is 10.4 Å². The zero-order chi connectivity index (χ0) is 25.3. The molecule has 8 heteroatoms. The van der Waals surface area contributed by atoms with E-state index in [2.05, 4.69) is 17.2 Å². The zero-order valence-electron chi connectivity index (χ0n) is 21.1. The fourth-order valence-electron chi connectivity index (χ4n) is 5.08. The molecule has 5 rings (SSSR count). The quantitative estimate of drug-likeness (QED) is 0.445. The van der Waals surface area contributed by atoms with E-state index in [1.165, 1.54) is 5.56 Å². The van der Waals surface area contributed by atoms with Gasteiger partial charge in [0, 0.05) is 30.9 Å². The third kappa shape index (κ3) is 5.11. The van der Waals surface area contributed by atoms with Crippen molar-refractivity contribution >= 4 is 17.1 Å². The van der Waals surface area contributed by atoms with Gasteiger partial charge in [-0.25, -0.2) is 9.78 Å². The number of likely N-dealkylation sites (tertiary alicyclic amines) is 1. The number of carbonyl (C=O) groups excluding carboxylic acids is 1. The number of allylic oxidation sites excluding steroid dienone is 2. The van der Waals surface area contributed by atoms with Crippen LogP contribution in [0.5, 0.6) is 0 Å². The maximum atomic E-state index is 12.4. The van der Waals surface area contributed by atoms with E-state index in [1.807, 2.05) is 62.3 Å². The maximum Gasteiger partial charge on any atom is 0.410 e. The highest BCUT2D eigenvalue weighted by Crippen LogP contribution is 2.39. The Hall–Kier alpha value is -3.73. The summed E-state index contributed by atoms with van der Waals surface area (Å²) in [6, 6.07) is 8.61. The van der Waals surface area contributed by atoms with Gasteiger partial charge in [0.2, 0.25) is 0 Å². The molecule has 36 heavy (non-hydrogen) atoms. The van der Waals surface area contributed by atoms with E-state index in [0.29, 0.717) is 31.0 Å². The molecular weight excluding hydrogens is 452 g/mol. The first kappa shape index (κ1) is 24.0. The van der Waals surface area contributed by atoms with Crippen molar-refractivity contribution in [3.05, 3.63) is 54.5 Å². The van der Waals surface area contributed by atoms with Crippen LogP contribution < -0.4 is 0 Å². The molecule has 1 amide bonds. The van der Waals surface area contributed by atoms with Crippen molar-refractivity contribution in [3.8, 4) is 17.3 Å². The molecule has 186 valence electrons. The average molecular weight is 485 g/mol. The second kappa shape index (κ2) is 9.73. The lowest BCUT2D eigenvalue weighted by Crippen LogP contribution is -2.41. The van der Waals surface area contributed by atoms with Crippen molar-refractivity contribution in [3.63, 3.8) is 0 Å². The maximum absolute atomic E-state index is 12.4. The Kier molecular flexibility index (Phi) is 6.48. The van der Waals surface area contributed by atoms with Crippen LogP contribution in [0.25, 0.3) is 22.3 Å². The summed E-state index contributed by atoms with van der Waals surface area (Å²) < 4.78 is 7.54. The van der Waals surface area contributed by atoms with Crippen LogP contribution in [0.15, 0.2) is 48.9 Å². The Morgan fingerprint density at radius 1 is 1.19 bits per heavy atom. The molecule has 0 N–H and O–H groups in total. The van der Waals surface area contributed by atoms with Crippen molar-refractivity contribution in [1.82, 2.24) is 24.6 Å². The summed E-state index contributed by atoms with van der Waals surface area (Å²) >= 11 is 0. The predicted molar refractivity (Wildman–Crippen MR) is 137 cm³/mol. The van der Waals surface area contributed by atoms with Crippen molar-refractivity contribution in [1.29, 1.82) is 5.26 Å². The number of amides is 1. The largest absolute Gasteiger partial charge is 0.444 e. The van der Waals surface area contributed by atoms with Gasteiger partial charge < -0.3 is 9.64 Å². The summed E-state index contributed by atoms with van der Waals surface area (Å²) in [4.78, 5) is 24.0. The number of hydrogen-bond donors (Lipinski definition) is 0. The molecule has 1 aromatic carbocycles. The van der Waals surface area contributed by atoms with E-state index in [4.69, 9.17) is 20.0 Å². The monoisotopic (exact) mass is 484 g/mol. The second-order valence-corrected chi connectivity index (χ2v) is 10.8. The van der Waals surface area contributed by atoms with Gasteiger partial charge in [0.25, 0.3) is 0 Å². The molecule has 8 nitrogen and oxygen atoms in total. The number of ether oxygens (including phenoxy) is 1. The number of hydrogen-bond acceptors (Lipinski definition) is 6. The van der Waals surface area contributed by atoms with E-state index in [9.17, 15) is 4.79 Å². The Balaban J connectivity index is 1.27. The van der Waals surface area contributed by atoms with Crippen molar-refractivity contribution in [2.45, 2.75) is 64.0 Å². The van der Waals surface area contributed by atoms with Gasteiger partial charge in [-0.15, -0.1) is 0 Å². The van der Waals surface area contributed by atoms with Crippen LogP contribution in [0.2, 0.25) is 0 Å². The molecule has 0 bridgehead atoms. The van der Waals surface area contributed by atoms with Gasteiger partial charge in [0.1, 0.15) is 5.60 Å². The van der Waals surface area contributed by atoms with E-state index in [-0.39, 0.29) is 6.09 Å². The first-order chi connectivity index (χ1) is 17.3. The fraction of sp³-hybridized carbons (Fsp3) is 0.464. The van der Waals surface area contributed by atoms with Crippen LogP contribution in [0.4, 0.5) is 4.79 Å². The zero-order valence-corrected chi connectivity index (χ0v) is 21.1. The molecule has 2 fully saturated rings. The number of nitrogens with zero attached hydrogens (tertiary/aromatic N) is 6. The SMILES string of the molecule is CC(C)(C)OC(=O)N1CCC(c2cccc3nc(-c4cnn(C5CC(/C=C/C#N)C5)c4)cnc23)CC1. The molecule has 0 atom stereocenters. The normalized spacial score (nSPS) is 20.9. The number of benzene rings is 1. The van der Waals surface area contributed by atoms with E-state index in [1.54, 1.807) is 11.0 Å². The molecule has 0 unspecified atom stereocenters. The molecule has 0 spiro atoms. The first-order valence-corrected chi connectivity index (χ1v) is 12.6. The smallest absolute Gasteiger partial charge is 0.410 e. The van der Waals surface area contributed by atoms with Gasteiger partial charge in [0.05, 0.1) is 41.2 Å². The van der Waals surface area contributed by atoms with E-state index < -0.39 is 5.60 Å². The van der Waals surface area contributed by atoms with Gasteiger partial charge in [-0.05, 0) is 69.9 Å². The van der Waals surface area contributed by atoms with Crippen LogP contribution in [0.1, 0.15) is 64.0 Å². The molecule has 2 aliphatic rings. The van der Waals surface area contributed by atoms with Crippen molar-refractivity contribution < 1.29 is 9.53 Å². The third-order valence-electron chi connectivity index (χ3n) is 7.05. The molecule has 0 radical (unpaired) electrons. The first-order valence-electron chi connectivity index (χ1n) is 12.6. The van der Waals surface area contributed by atoms with Crippen LogP contribution in [0, 0.1) is 17.2 Å². The summed E-state index contributed by atoms with van der Waals surface area (Å²) in [6.45, 7) is 7.03. The highest BCUT2D eigenvalue weighted by Gasteiger charge is 2.30. The number of fused-ring (bicyclic) bond motifs is 1. The lowest BCUT2D eigenvalue weighted by atomic mass is 9.80. The van der Waals surface area contributed by atoms with Gasteiger partial charge in [0.15, 0.2) is 0 Å². The third-order valence-corrected chi connectivity index (χ3v) is 7.05. The predicted octanol–water partition coefficient (Wildman–Crippen LogP) is 5.64. The van der Waals surface area contributed by atoms with Gasteiger partial charge in [-0.3, -0.25) is 9.67 Å². The molecule has 2 aromatic heterocycles. The Morgan fingerprint density at radius 2 is 1.97 bits per heavy atom. The molecule has 1 saturated carbocycles. The van der Waals surface area contributed by atoms with Crippen molar-refractivity contribution in [2.24, 2.45) is 5.92 Å². The number of rotatable bonds is 4. The van der Waals surface area contributed by atoms with Crippen LogP contribution in [-0.2, 0) is 4.74 Å². The Bertz CT molecular complexity index is 1320. The van der Waals surface area contributed by atoms with Crippen LogP contribution >= 0.6 is 0 Å². The second-order valence-electron chi connectivity index (χ2n) is 10.8. The molecule has 3 aromatic rings. The highest BCUT2D eigenvalue weighted by atomic mass is 16.6. The summed E-state index contributed by atoms with van der Waals surface area (Å²) in [7, 11) is 0. The molecular formula is C28H32N6O2.